The summed E-state index contributed by atoms with van der Waals surface area (Å²) in [6, 6.07) is 4.49. The number of rotatable bonds is 7. The Morgan fingerprint density at radius 2 is 1.81 bits per heavy atom. The molecule has 136 valence electrons. The summed E-state index contributed by atoms with van der Waals surface area (Å²) in [6.07, 6.45) is 6.72. The van der Waals surface area contributed by atoms with Crippen LogP contribution < -0.4 is 26.8 Å². The number of anilines is 3. The van der Waals surface area contributed by atoms with Crippen LogP contribution in [-0.2, 0) is 0 Å². The van der Waals surface area contributed by atoms with Gasteiger partial charge in [-0.1, -0.05) is 25.8 Å². The standard InChI is InChI=1S/C19H21N3O4/c1-5-19(6-2,7-3)22-14-13(16(24)17(14)25)21-12-10-8-9-11(15(12)23)18(26)20-4/h1,8-10,21-23H,6-7H2,2-4H3,(H,20,26). The molecule has 0 atom stereocenters. The van der Waals surface area contributed by atoms with E-state index in [1.165, 1.54) is 19.2 Å². The Morgan fingerprint density at radius 1 is 1.19 bits per heavy atom. The van der Waals surface area contributed by atoms with Crippen LogP contribution in [0.15, 0.2) is 27.8 Å². The highest BCUT2D eigenvalue weighted by molar-refractivity contribution is 5.99. The minimum Gasteiger partial charge on any atom is -0.505 e. The number of hydrogen-bond acceptors (Lipinski definition) is 6. The van der Waals surface area contributed by atoms with Crippen molar-refractivity contribution in [2.24, 2.45) is 0 Å². The van der Waals surface area contributed by atoms with Gasteiger partial charge in [-0.3, -0.25) is 14.4 Å². The van der Waals surface area contributed by atoms with E-state index < -0.39 is 22.3 Å². The Hall–Kier alpha value is -3.27. The van der Waals surface area contributed by atoms with Crippen LogP contribution in [0.1, 0.15) is 37.0 Å². The zero-order valence-corrected chi connectivity index (χ0v) is 14.9. The third-order valence-electron chi connectivity index (χ3n) is 4.53. The number of benzene rings is 1. The van der Waals surface area contributed by atoms with Crippen LogP contribution in [0.5, 0.6) is 5.75 Å². The molecule has 2 rings (SSSR count). The minimum absolute atomic E-state index is 0.0147. The highest BCUT2D eigenvalue weighted by atomic mass is 16.3. The Bertz CT molecular complexity index is 945. The minimum atomic E-state index is -0.745. The van der Waals surface area contributed by atoms with Crippen molar-refractivity contribution >= 4 is 23.0 Å². The largest absolute Gasteiger partial charge is 0.505 e. The maximum Gasteiger partial charge on any atom is 0.254 e. The molecule has 0 bridgehead atoms. The van der Waals surface area contributed by atoms with Gasteiger partial charge in [0.25, 0.3) is 16.8 Å². The Labute approximate surface area is 151 Å². The van der Waals surface area contributed by atoms with Gasteiger partial charge in [0.1, 0.15) is 11.4 Å². The average Bonchev–Trinajstić information content (AvgIpc) is 2.68. The first kappa shape index (κ1) is 19.1. The van der Waals surface area contributed by atoms with E-state index >= 15 is 0 Å². The van der Waals surface area contributed by atoms with Gasteiger partial charge in [-0.05, 0) is 25.0 Å². The average molecular weight is 355 g/mol. The van der Waals surface area contributed by atoms with E-state index in [-0.39, 0.29) is 28.4 Å². The molecule has 0 spiro atoms. The van der Waals surface area contributed by atoms with E-state index in [0.29, 0.717) is 12.8 Å². The summed E-state index contributed by atoms with van der Waals surface area (Å²) < 4.78 is 0. The van der Waals surface area contributed by atoms with Gasteiger partial charge < -0.3 is 21.1 Å². The van der Waals surface area contributed by atoms with E-state index in [2.05, 4.69) is 21.9 Å². The number of aromatic hydroxyl groups is 1. The molecule has 0 saturated carbocycles. The fraction of sp³-hybridized carbons (Fsp3) is 0.316. The first-order chi connectivity index (χ1) is 12.3. The molecule has 0 aromatic heterocycles. The van der Waals surface area contributed by atoms with E-state index in [0.717, 1.165) is 0 Å². The smallest absolute Gasteiger partial charge is 0.254 e. The molecule has 0 unspecified atom stereocenters. The molecule has 26 heavy (non-hydrogen) atoms. The number of carbonyl (C=O) groups is 1. The molecule has 1 amide bonds. The third kappa shape index (κ3) is 3.14. The molecule has 0 aliphatic carbocycles. The van der Waals surface area contributed by atoms with Crippen molar-refractivity contribution in [3.8, 4) is 18.1 Å². The molecule has 0 aliphatic heterocycles. The van der Waals surface area contributed by atoms with Gasteiger partial charge in [0, 0.05) is 7.05 Å². The second-order valence-corrected chi connectivity index (χ2v) is 5.87. The van der Waals surface area contributed by atoms with Crippen molar-refractivity contribution in [2.75, 3.05) is 17.7 Å². The predicted molar refractivity (Wildman–Crippen MR) is 102 cm³/mol. The first-order valence-corrected chi connectivity index (χ1v) is 8.24. The lowest BCUT2D eigenvalue weighted by molar-refractivity contribution is 0.0960. The number of nitrogens with one attached hydrogen (secondary N) is 3. The zero-order valence-electron chi connectivity index (χ0n) is 14.9. The van der Waals surface area contributed by atoms with Gasteiger partial charge in [0.05, 0.1) is 16.8 Å². The number of terminal acetylenes is 1. The van der Waals surface area contributed by atoms with Crippen molar-refractivity contribution in [1.29, 1.82) is 0 Å². The van der Waals surface area contributed by atoms with Crippen LogP contribution in [0.3, 0.4) is 0 Å². The quantitative estimate of drug-likeness (QED) is 0.342. The van der Waals surface area contributed by atoms with E-state index in [4.69, 9.17) is 6.42 Å². The summed E-state index contributed by atoms with van der Waals surface area (Å²) in [4.78, 5) is 35.8. The summed E-state index contributed by atoms with van der Waals surface area (Å²) in [5.74, 6) is 1.84. The predicted octanol–water partition coefficient (Wildman–Crippen LogP) is 1.70. The van der Waals surface area contributed by atoms with Gasteiger partial charge in [0.15, 0.2) is 5.75 Å². The van der Waals surface area contributed by atoms with Crippen LogP contribution in [0.25, 0.3) is 0 Å². The zero-order chi connectivity index (χ0) is 19.5. The molecule has 4 N–H and O–H groups in total. The monoisotopic (exact) mass is 355 g/mol. The van der Waals surface area contributed by atoms with Crippen LogP contribution in [0.4, 0.5) is 17.1 Å². The molecule has 7 nitrogen and oxygen atoms in total. The molecule has 7 heteroatoms. The van der Waals surface area contributed by atoms with Gasteiger partial charge in [-0.25, -0.2) is 0 Å². The molecule has 2 aromatic rings. The van der Waals surface area contributed by atoms with Crippen molar-refractivity contribution in [3.05, 3.63) is 44.2 Å². The maximum absolute atomic E-state index is 12.0. The number of amides is 1. The molecule has 0 radical (unpaired) electrons. The summed E-state index contributed by atoms with van der Waals surface area (Å²) in [6.45, 7) is 3.77. The SMILES string of the molecule is C#CC(CC)(CC)Nc1c(Nc2cccc(C(=O)NC)c2O)c(=O)c1=O. The summed E-state index contributed by atoms with van der Waals surface area (Å²) in [5.41, 5.74) is -1.84. The van der Waals surface area contributed by atoms with Crippen LogP contribution in [-0.4, -0.2) is 23.6 Å². The number of carbonyl (C=O) groups excluding carboxylic acids is 1. The number of phenolic OH excluding ortho intramolecular Hbond substituents is 1. The Kier molecular flexibility index (Phi) is 5.36. The lowest BCUT2D eigenvalue weighted by Crippen LogP contribution is -2.44. The van der Waals surface area contributed by atoms with Crippen molar-refractivity contribution in [2.45, 2.75) is 32.2 Å². The normalized spacial score (nSPS) is 11.0. The van der Waals surface area contributed by atoms with E-state index in [1.807, 2.05) is 13.8 Å². The van der Waals surface area contributed by atoms with Crippen molar-refractivity contribution in [3.63, 3.8) is 0 Å². The van der Waals surface area contributed by atoms with Crippen LogP contribution in [0, 0.1) is 12.3 Å². The highest BCUT2D eigenvalue weighted by Crippen LogP contribution is 2.32. The van der Waals surface area contributed by atoms with Crippen LogP contribution >= 0.6 is 0 Å². The second kappa shape index (κ2) is 7.31. The van der Waals surface area contributed by atoms with E-state index in [9.17, 15) is 19.5 Å². The first-order valence-electron chi connectivity index (χ1n) is 8.24. The third-order valence-corrected chi connectivity index (χ3v) is 4.53. The fourth-order valence-corrected chi connectivity index (χ4v) is 2.63. The molecule has 0 fully saturated rings. The van der Waals surface area contributed by atoms with Crippen molar-refractivity contribution in [1.82, 2.24) is 5.32 Å². The molecular weight excluding hydrogens is 334 g/mol. The summed E-state index contributed by atoms with van der Waals surface area (Å²) >= 11 is 0. The summed E-state index contributed by atoms with van der Waals surface area (Å²) in [7, 11) is 1.44. The number of phenols is 1. The number of para-hydroxylation sites is 1. The Balaban J connectivity index is 2.41. The second-order valence-electron chi connectivity index (χ2n) is 5.87. The molecular formula is C19H21N3O4. The van der Waals surface area contributed by atoms with Gasteiger partial charge in [-0.15, -0.1) is 6.42 Å². The lowest BCUT2D eigenvalue weighted by Gasteiger charge is -2.30. The molecule has 0 saturated heterocycles. The van der Waals surface area contributed by atoms with Crippen LogP contribution in [0.2, 0.25) is 0 Å². The summed E-state index contributed by atoms with van der Waals surface area (Å²) in [5, 5.41) is 18.4. The maximum atomic E-state index is 12.0. The number of hydrogen-bond donors (Lipinski definition) is 4. The topological polar surface area (TPSA) is 108 Å². The molecule has 0 aliphatic rings. The lowest BCUT2D eigenvalue weighted by atomic mass is 9.92. The van der Waals surface area contributed by atoms with E-state index in [1.54, 1.807) is 6.07 Å². The highest BCUT2D eigenvalue weighted by Gasteiger charge is 2.30. The van der Waals surface area contributed by atoms with Crippen molar-refractivity contribution < 1.29 is 9.90 Å². The molecule has 0 heterocycles. The molecule has 2 aromatic carbocycles. The van der Waals surface area contributed by atoms with Gasteiger partial charge in [0.2, 0.25) is 0 Å². The fourth-order valence-electron chi connectivity index (χ4n) is 2.63. The van der Waals surface area contributed by atoms with Gasteiger partial charge in [-0.2, -0.15) is 0 Å². The van der Waals surface area contributed by atoms with Gasteiger partial charge >= 0.3 is 0 Å². The Morgan fingerprint density at radius 3 is 2.35 bits per heavy atom.